The van der Waals surface area contributed by atoms with Crippen molar-refractivity contribution >= 4 is 27.0 Å². The van der Waals surface area contributed by atoms with Gasteiger partial charge in [0.05, 0.1) is 0 Å². The molecule has 0 nitrogen and oxygen atoms in total. The van der Waals surface area contributed by atoms with Crippen molar-refractivity contribution in [3.8, 4) is 0 Å². The van der Waals surface area contributed by atoms with Gasteiger partial charge in [-0.05, 0) is 12.1 Å². The molecule has 0 saturated heterocycles. The number of rotatable bonds is 0. The molecule has 0 radical (unpaired) electrons. The highest BCUT2D eigenvalue weighted by molar-refractivity contribution is 6.34. The third-order valence-electron chi connectivity index (χ3n) is 1.01. The summed E-state index contributed by atoms with van der Waals surface area (Å²) in [6, 6.07) is 7.94. The van der Waals surface area contributed by atoms with Gasteiger partial charge in [0, 0.05) is 15.3 Å². The first-order chi connectivity index (χ1) is 3.79. The van der Waals surface area contributed by atoms with Crippen LogP contribution < -0.4 is 5.19 Å². The first-order valence-electron chi connectivity index (χ1n) is 2.51. The van der Waals surface area contributed by atoms with Crippen molar-refractivity contribution < 1.29 is 0 Å². The quantitative estimate of drug-likeness (QED) is 0.458. The minimum absolute atomic E-state index is 0.824. The average Bonchev–Trinajstić information content (AvgIpc) is 1.77. The van der Waals surface area contributed by atoms with Crippen LogP contribution in [0.4, 0.5) is 0 Å². The Morgan fingerprint density at radius 1 is 1.12 bits per heavy atom. The minimum Gasteiger partial charge on any atom is -0.0843 e. The Morgan fingerprint density at radius 2 is 1.62 bits per heavy atom. The average molecular weight is 143 g/mol. The normalized spacial score (nSPS) is 9.62. The standard InChI is InChI=1S/C6H7ClSi/c7-5-1-3-6(8)4-2-5/h1-4H,8H3. The van der Waals surface area contributed by atoms with E-state index in [0.29, 0.717) is 0 Å². The van der Waals surface area contributed by atoms with E-state index in [4.69, 9.17) is 11.6 Å². The molecule has 0 heterocycles. The predicted octanol–water partition coefficient (Wildman–Crippen LogP) is 0.331. The zero-order valence-electron chi connectivity index (χ0n) is 4.69. The Morgan fingerprint density at radius 3 is 2.00 bits per heavy atom. The topological polar surface area (TPSA) is 0 Å². The predicted molar refractivity (Wildman–Crippen MR) is 41.0 cm³/mol. The summed E-state index contributed by atoms with van der Waals surface area (Å²) in [5.74, 6) is 0. The molecule has 42 valence electrons. The lowest BCUT2D eigenvalue weighted by molar-refractivity contribution is 1.77. The summed E-state index contributed by atoms with van der Waals surface area (Å²) >= 11 is 5.63. The van der Waals surface area contributed by atoms with Gasteiger partial charge in [-0.15, -0.1) is 0 Å². The first kappa shape index (κ1) is 5.86. The molecule has 0 fully saturated rings. The largest absolute Gasteiger partial charge is 0.0843 e. The van der Waals surface area contributed by atoms with Gasteiger partial charge in [-0.25, -0.2) is 0 Å². The van der Waals surface area contributed by atoms with Crippen LogP contribution in [-0.4, -0.2) is 10.2 Å². The molecule has 0 N–H and O–H groups in total. The zero-order chi connectivity index (χ0) is 5.98. The van der Waals surface area contributed by atoms with E-state index in [1.54, 1.807) is 0 Å². The lowest BCUT2D eigenvalue weighted by Crippen LogP contribution is -1.97. The molecule has 1 rings (SSSR count). The maximum atomic E-state index is 5.63. The molecular formula is C6H7ClSi. The summed E-state index contributed by atoms with van der Waals surface area (Å²) in [7, 11) is 1.11. The second-order valence-corrected chi connectivity index (χ2v) is 3.39. The Kier molecular flexibility index (Phi) is 1.71. The highest BCUT2D eigenvalue weighted by Crippen LogP contribution is 2.02. The Balaban J connectivity index is 3.03. The van der Waals surface area contributed by atoms with E-state index in [-0.39, 0.29) is 0 Å². The zero-order valence-corrected chi connectivity index (χ0v) is 7.44. The van der Waals surface area contributed by atoms with E-state index in [9.17, 15) is 0 Å². The van der Waals surface area contributed by atoms with E-state index in [1.807, 2.05) is 12.1 Å². The van der Waals surface area contributed by atoms with E-state index in [1.165, 1.54) is 5.19 Å². The molecule has 0 aliphatic heterocycles. The van der Waals surface area contributed by atoms with Gasteiger partial charge in [-0.3, -0.25) is 0 Å². The van der Waals surface area contributed by atoms with Crippen LogP contribution in [0.15, 0.2) is 24.3 Å². The maximum Gasteiger partial charge on any atom is 0.0405 e. The lowest BCUT2D eigenvalue weighted by Gasteiger charge is -1.88. The summed E-state index contributed by atoms with van der Waals surface area (Å²) in [6.07, 6.45) is 0. The molecular weight excluding hydrogens is 136 g/mol. The molecule has 0 saturated carbocycles. The van der Waals surface area contributed by atoms with Gasteiger partial charge < -0.3 is 0 Å². The Hall–Kier alpha value is -0.273. The smallest absolute Gasteiger partial charge is 0.0405 e. The van der Waals surface area contributed by atoms with E-state index in [2.05, 4.69) is 12.1 Å². The molecule has 1 aromatic carbocycles. The molecule has 0 bridgehead atoms. The van der Waals surface area contributed by atoms with Crippen molar-refractivity contribution in [3.63, 3.8) is 0 Å². The van der Waals surface area contributed by atoms with Crippen LogP contribution in [0.5, 0.6) is 0 Å². The maximum absolute atomic E-state index is 5.63. The fourth-order valence-electron chi connectivity index (χ4n) is 0.533. The fourth-order valence-corrected chi connectivity index (χ4v) is 0.993. The Labute approximate surface area is 56.9 Å². The van der Waals surface area contributed by atoms with Gasteiger partial charge in [-0.2, -0.15) is 0 Å². The van der Waals surface area contributed by atoms with Gasteiger partial charge in [0.25, 0.3) is 0 Å². The number of hydrogen-bond donors (Lipinski definition) is 0. The summed E-state index contributed by atoms with van der Waals surface area (Å²) in [4.78, 5) is 0. The lowest BCUT2D eigenvalue weighted by atomic mass is 10.4. The number of hydrogen-bond acceptors (Lipinski definition) is 0. The van der Waals surface area contributed by atoms with Gasteiger partial charge >= 0.3 is 0 Å². The van der Waals surface area contributed by atoms with Crippen LogP contribution in [-0.2, 0) is 0 Å². The number of halogens is 1. The van der Waals surface area contributed by atoms with Crippen molar-refractivity contribution in [2.24, 2.45) is 0 Å². The van der Waals surface area contributed by atoms with Crippen LogP contribution >= 0.6 is 11.6 Å². The molecule has 0 aromatic heterocycles. The number of benzene rings is 1. The monoisotopic (exact) mass is 142 g/mol. The minimum atomic E-state index is 0.824. The molecule has 0 amide bonds. The Bertz CT molecular complexity index is 147. The SMILES string of the molecule is [SiH3]c1ccc(Cl)cc1. The summed E-state index contributed by atoms with van der Waals surface area (Å²) in [6.45, 7) is 0. The van der Waals surface area contributed by atoms with Crippen LogP contribution in [0.1, 0.15) is 0 Å². The van der Waals surface area contributed by atoms with E-state index >= 15 is 0 Å². The van der Waals surface area contributed by atoms with Gasteiger partial charge in [0.1, 0.15) is 0 Å². The summed E-state index contributed by atoms with van der Waals surface area (Å²) in [5.41, 5.74) is 0. The molecule has 2 heteroatoms. The van der Waals surface area contributed by atoms with Crippen LogP contribution in [0, 0.1) is 0 Å². The van der Waals surface area contributed by atoms with Crippen LogP contribution in [0.2, 0.25) is 5.02 Å². The van der Waals surface area contributed by atoms with Crippen molar-refractivity contribution in [1.29, 1.82) is 0 Å². The molecule has 0 spiro atoms. The van der Waals surface area contributed by atoms with Crippen molar-refractivity contribution in [1.82, 2.24) is 0 Å². The van der Waals surface area contributed by atoms with Crippen LogP contribution in [0.3, 0.4) is 0 Å². The molecule has 0 aliphatic rings. The molecule has 0 atom stereocenters. The molecule has 8 heavy (non-hydrogen) atoms. The second kappa shape index (κ2) is 2.33. The summed E-state index contributed by atoms with van der Waals surface area (Å²) in [5, 5.41) is 2.21. The second-order valence-electron chi connectivity index (χ2n) is 1.80. The third-order valence-corrected chi connectivity index (χ3v) is 1.93. The van der Waals surface area contributed by atoms with E-state index < -0.39 is 0 Å². The van der Waals surface area contributed by atoms with Crippen molar-refractivity contribution in [2.75, 3.05) is 0 Å². The summed E-state index contributed by atoms with van der Waals surface area (Å²) < 4.78 is 0. The van der Waals surface area contributed by atoms with Gasteiger partial charge in [0.15, 0.2) is 0 Å². The highest BCUT2D eigenvalue weighted by atomic mass is 35.5. The van der Waals surface area contributed by atoms with Crippen molar-refractivity contribution in [2.45, 2.75) is 0 Å². The molecule has 0 aliphatic carbocycles. The van der Waals surface area contributed by atoms with Crippen molar-refractivity contribution in [3.05, 3.63) is 29.3 Å². The first-order valence-corrected chi connectivity index (χ1v) is 3.89. The van der Waals surface area contributed by atoms with Gasteiger partial charge in [0.2, 0.25) is 0 Å². The highest BCUT2D eigenvalue weighted by Gasteiger charge is 1.81. The molecule has 0 unspecified atom stereocenters. The third kappa shape index (κ3) is 1.35. The molecule has 1 aromatic rings. The fraction of sp³-hybridized carbons (Fsp3) is 0. The van der Waals surface area contributed by atoms with Gasteiger partial charge in [-0.1, -0.05) is 28.9 Å². The van der Waals surface area contributed by atoms with Crippen LogP contribution in [0.25, 0.3) is 0 Å². The van der Waals surface area contributed by atoms with E-state index in [0.717, 1.165) is 15.3 Å².